The molecule has 1 aromatic heterocycles. The number of rotatable bonds is 8. The molecule has 2 atom stereocenters. The lowest BCUT2D eigenvalue weighted by atomic mass is 10.0. The Morgan fingerprint density at radius 1 is 1.25 bits per heavy atom. The van der Waals surface area contributed by atoms with Gasteiger partial charge in [-0.2, -0.15) is 4.37 Å². The van der Waals surface area contributed by atoms with Gasteiger partial charge >= 0.3 is 0 Å². The van der Waals surface area contributed by atoms with Crippen LogP contribution < -0.4 is 21.7 Å². The molecule has 4 rings (SSSR count). The zero-order chi connectivity index (χ0) is 25.8. The summed E-state index contributed by atoms with van der Waals surface area (Å²) in [5.74, 6) is -1.89. The molecule has 0 saturated carbocycles. The molecule has 11 heteroatoms. The van der Waals surface area contributed by atoms with Gasteiger partial charge in [0.25, 0.3) is 11.8 Å². The molecular weight excluding hydrogens is 482 g/mol. The molecule has 1 fully saturated rings. The lowest BCUT2D eigenvalue weighted by Gasteiger charge is -2.31. The maximum atomic E-state index is 14.0. The Balaban J connectivity index is 1.80. The number of benzene rings is 2. The summed E-state index contributed by atoms with van der Waals surface area (Å²) >= 11 is 0.742. The second kappa shape index (κ2) is 10.8. The molecule has 1 aliphatic rings. The van der Waals surface area contributed by atoms with Crippen LogP contribution in [-0.2, 0) is 9.53 Å². The molecule has 36 heavy (non-hydrogen) atoms. The van der Waals surface area contributed by atoms with Gasteiger partial charge < -0.3 is 26.6 Å². The van der Waals surface area contributed by atoms with Crippen molar-refractivity contribution in [2.75, 3.05) is 23.8 Å². The standard InChI is InChI=1S/C25H27N5O5S/c1-14-4-2-5-16(12-14)30(25(34)22-19(26)20(23(27)32)29-36-22)21(15-7-9-17(31)10-8-15)24(33)28-13-18-6-3-11-35-18/h2,4-5,7-10,12,18,21,31H,3,6,11,13,26H2,1H3,(H2,27,32)(H,28,33)/t18-,21+/m1/s1. The van der Waals surface area contributed by atoms with Crippen LogP contribution >= 0.6 is 11.5 Å². The van der Waals surface area contributed by atoms with Gasteiger partial charge in [0, 0.05) is 18.8 Å². The molecule has 0 bridgehead atoms. The summed E-state index contributed by atoms with van der Waals surface area (Å²) in [4.78, 5) is 40.7. The van der Waals surface area contributed by atoms with Crippen LogP contribution in [0.5, 0.6) is 5.75 Å². The smallest absolute Gasteiger partial charge is 0.273 e. The third-order valence-electron chi connectivity index (χ3n) is 5.90. The summed E-state index contributed by atoms with van der Waals surface area (Å²) in [7, 11) is 0. The number of aromatic hydroxyl groups is 1. The van der Waals surface area contributed by atoms with Crippen LogP contribution in [0.4, 0.5) is 11.4 Å². The van der Waals surface area contributed by atoms with E-state index in [1.807, 2.05) is 13.0 Å². The molecule has 2 aromatic carbocycles. The van der Waals surface area contributed by atoms with E-state index in [4.69, 9.17) is 16.2 Å². The number of carbonyl (C=O) groups excluding carboxylic acids is 3. The predicted octanol–water partition coefficient (Wildman–Crippen LogP) is 2.52. The second-order valence-corrected chi connectivity index (χ2v) is 9.30. The number of hydrogen-bond acceptors (Lipinski definition) is 8. The number of primary amides is 1. The Bertz CT molecular complexity index is 1270. The first-order chi connectivity index (χ1) is 17.3. The van der Waals surface area contributed by atoms with Crippen LogP contribution in [0.2, 0.25) is 0 Å². The van der Waals surface area contributed by atoms with E-state index in [0.29, 0.717) is 17.9 Å². The van der Waals surface area contributed by atoms with Crippen molar-refractivity contribution in [2.24, 2.45) is 5.73 Å². The molecule has 10 nitrogen and oxygen atoms in total. The van der Waals surface area contributed by atoms with E-state index in [9.17, 15) is 19.5 Å². The number of hydrogen-bond donors (Lipinski definition) is 4. The van der Waals surface area contributed by atoms with Crippen molar-refractivity contribution < 1.29 is 24.2 Å². The van der Waals surface area contributed by atoms with Crippen LogP contribution in [-0.4, -0.2) is 46.5 Å². The minimum absolute atomic E-state index is 0.0130. The second-order valence-electron chi connectivity index (χ2n) is 8.53. The molecule has 1 saturated heterocycles. The molecule has 188 valence electrons. The molecule has 0 aliphatic carbocycles. The van der Waals surface area contributed by atoms with E-state index in [1.54, 1.807) is 30.3 Å². The first-order valence-corrected chi connectivity index (χ1v) is 12.2. The van der Waals surface area contributed by atoms with Crippen LogP contribution in [0.15, 0.2) is 48.5 Å². The maximum Gasteiger partial charge on any atom is 0.273 e. The lowest BCUT2D eigenvalue weighted by Crippen LogP contribution is -2.45. The van der Waals surface area contributed by atoms with Gasteiger partial charge in [0.1, 0.15) is 16.7 Å². The number of nitrogen functional groups attached to an aromatic ring is 1. The van der Waals surface area contributed by atoms with Crippen molar-refractivity contribution in [3.63, 3.8) is 0 Å². The zero-order valence-electron chi connectivity index (χ0n) is 19.6. The average molecular weight is 510 g/mol. The summed E-state index contributed by atoms with van der Waals surface area (Å²) in [6.45, 7) is 2.80. The number of nitrogens with one attached hydrogen (secondary N) is 1. The quantitative estimate of drug-likeness (QED) is 0.363. The van der Waals surface area contributed by atoms with Gasteiger partial charge in [0.05, 0.1) is 11.8 Å². The van der Waals surface area contributed by atoms with Gasteiger partial charge in [-0.05, 0) is 66.7 Å². The highest BCUT2D eigenvalue weighted by Crippen LogP contribution is 2.34. The monoisotopic (exact) mass is 509 g/mol. The fourth-order valence-electron chi connectivity index (χ4n) is 4.09. The number of aromatic nitrogens is 1. The Hall–Kier alpha value is -3.96. The van der Waals surface area contributed by atoms with Crippen LogP contribution in [0, 0.1) is 6.92 Å². The Morgan fingerprint density at radius 2 is 2.00 bits per heavy atom. The Morgan fingerprint density at radius 3 is 2.61 bits per heavy atom. The van der Waals surface area contributed by atoms with Gasteiger partial charge in [-0.15, -0.1) is 0 Å². The fourth-order valence-corrected chi connectivity index (χ4v) is 4.83. The van der Waals surface area contributed by atoms with Gasteiger partial charge in [-0.25, -0.2) is 0 Å². The SMILES string of the molecule is Cc1cccc(N(C(=O)c2snc(C(N)=O)c2N)[C@H](C(=O)NC[C@H]2CCCO2)c2ccc(O)cc2)c1. The number of phenols is 1. The van der Waals surface area contributed by atoms with Crippen LogP contribution in [0.3, 0.4) is 0 Å². The number of anilines is 2. The Labute approximate surface area is 212 Å². The topological polar surface area (TPSA) is 161 Å². The largest absolute Gasteiger partial charge is 0.508 e. The Kier molecular flexibility index (Phi) is 7.51. The van der Waals surface area contributed by atoms with Crippen molar-refractivity contribution in [2.45, 2.75) is 31.9 Å². The first kappa shape index (κ1) is 25.1. The number of nitrogens with two attached hydrogens (primary N) is 2. The minimum Gasteiger partial charge on any atom is -0.508 e. The number of aryl methyl sites for hydroxylation is 1. The van der Waals surface area contributed by atoms with Crippen LogP contribution in [0.25, 0.3) is 0 Å². The molecule has 3 amide bonds. The summed E-state index contributed by atoms with van der Waals surface area (Å²) in [6, 6.07) is 12.0. The number of phenolic OH excluding ortho intramolecular Hbond substituents is 1. The zero-order valence-corrected chi connectivity index (χ0v) is 20.5. The molecule has 3 aromatic rings. The van der Waals surface area contributed by atoms with Crippen molar-refractivity contribution in [3.05, 3.63) is 70.2 Å². The molecule has 0 unspecified atom stereocenters. The maximum absolute atomic E-state index is 14.0. The van der Waals surface area contributed by atoms with Gasteiger partial charge in [0.2, 0.25) is 5.91 Å². The third kappa shape index (κ3) is 5.31. The van der Waals surface area contributed by atoms with E-state index in [0.717, 1.165) is 29.9 Å². The molecule has 6 N–H and O–H groups in total. The molecule has 0 spiro atoms. The number of ether oxygens (including phenoxy) is 1. The molecule has 0 radical (unpaired) electrons. The van der Waals surface area contributed by atoms with Gasteiger partial charge in [-0.3, -0.25) is 19.3 Å². The highest BCUT2D eigenvalue weighted by molar-refractivity contribution is 7.09. The summed E-state index contributed by atoms with van der Waals surface area (Å²) in [6.07, 6.45) is 1.65. The highest BCUT2D eigenvalue weighted by Gasteiger charge is 2.36. The van der Waals surface area contributed by atoms with Gasteiger partial charge in [0.15, 0.2) is 5.69 Å². The predicted molar refractivity (Wildman–Crippen MR) is 136 cm³/mol. The average Bonchev–Trinajstić information content (AvgIpc) is 3.51. The van der Waals surface area contributed by atoms with Crippen molar-refractivity contribution in [1.29, 1.82) is 0 Å². The third-order valence-corrected chi connectivity index (χ3v) is 6.75. The van der Waals surface area contributed by atoms with Crippen molar-refractivity contribution >= 4 is 40.6 Å². The first-order valence-electron chi connectivity index (χ1n) is 11.4. The van der Waals surface area contributed by atoms with E-state index < -0.39 is 23.8 Å². The fraction of sp³-hybridized carbons (Fsp3) is 0.280. The summed E-state index contributed by atoms with van der Waals surface area (Å²) in [5, 5.41) is 12.7. The van der Waals surface area contributed by atoms with Gasteiger partial charge in [-0.1, -0.05) is 24.3 Å². The highest BCUT2D eigenvalue weighted by atomic mass is 32.1. The van der Waals surface area contributed by atoms with E-state index in [1.165, 1.54) is 17.0 Å². The van der Waals surface area contributed by atoms with Crippen molar-refractivity contribution in [1.82, 2.24) is 9.69 Å². The minimum atomic E-state index is -1.13. The van der Waals surface area contributed by atoms with E-state index >= 15 is 0 Å². The molecule has 1 aliphatic heterocycles. The molecular formula is C25H27N5O5S. The number of carbonyl (C=O) groups is 3. The summed E-state index contributed by atoms with van der Waals surface area (Å²) in [5.41, 5.74) is 12.9. The lowest BCUT2D eigenvalue weighted by molar-refractivity contribution is -0.123. The normalized spacial score (nSPS) is 15.9. The number of nitrogens with zero attached hydrogens (tertiary/aromatic N) is 2. The number of amides is 3. The van der Waals surface area contributed by atoms with E-state index in [-0.39, 0.29) is 34.7 Å². The van der Waals surface area contributed by atoms with Crippen LogP contribution in [0.1, 0.15) is 50.2 Å². The summed E-state index contributed by atoms with van der Waals surface area (Å²) < 4.78 is 9.58. The molecule has 2 heterocycles. The van der Waals surface area contributed by atoms with E-state index in [2.05, 4.69) is 9.69 Å². The van der Waals surface area contributed by atoms with Crippen molar-refractivity contribution in [3.8, 4) is 5.75 Å².